The molecular weight excluding hydrogens is 279 g/mol. The van der Waals surface area contributed by atoms with Gasteiger partial charge < -0.3 is 15.4 Å². The number of nitrogens with one attached hydrogen (secondary N) is 2. The second kappa shape index (κ2) is 7.19. The maximum Gasteiger partial charge on any atom is 0.313 e. The largest absolute Gasteiger partial charge is 0.490 e. The van der Waals surface area contributed by atoms with Crippen molar-refractivity contribution in [3.05, 3.63) is 28.1 Å². The lowest BCUT2D eigenvalue weighted by molar-refractivity contribution is -0.385. The van der Waals surface area contributed by atoms with Crippen molar-refractivity contribution in [2.24, 2.45) is 0 Å². The SMILES string of the molecule is COc1cc(NCCN2CCNCC2)c(F)cc1[N+](=O)[O-]. The summed E-state index contributed by atoms with van der Waals surface area (Å²) in [4.78, 5) is 12.4. The Kier molecular flexibility index (Phi) is 5.29. The molecule has 7 nitrogen and oxygen atoms in total. The van der Waals surface area contributed by atoms with Crippen molar-refractivity contribution in [3.8, 4) is 5.75 Å². The molecule has 1 aliphatic rings. The number of piperazine rings is 1. The van der Waals surface area contributed by atoms with E-state index >= 15 is 0 Å². The Morgan fingerprint density at radius 2 is 2.19 bits per heavy atom. The Morgan fingerprint density at radius 1 is 1.48 bits per heavy atom. The summed E-state index contributed by atoms with van der Waals surface area (Å²) in [7, 11) is 1.32. The lowest BCUT2D eigenvalue weighted by atomic mass is 10.2. The standard InChI is InChI=1S/C13H19FN4O3/c1-21-13-9-11(10(14)8-12(13)18(19)20)16-4-7-17-5-2-15-3-6-17/h8-9,15-16H,2-7H2,1H3. The molecule has 0 aliphatic carbocycles. The zero-order chi connectivity index (χ0) is 15.2. The maximum atomic E-state index is 13.8. The van der Waals surface area contributed by atoms with E-state index in [1.807, 2.05) is 0 Å². The molecule has 1 heterocycles. The van der Waals surface area contributed by atoms with Crippen LogP contribution >= 0.6 is 0 Å². The lowest BCUT2D eigenvalue weighted by Gasteiger charge is -2.27. The number of hydrogen-bond acceptors (Lipinski definition) is 6. The molecule has 0 radical (unpaired) electrons. The molecule has 2 rings (SSSR count). The third-order valence-electron chi connectivity index (χ3n) is 3.42. The number of methoxy groups -OCH3 is 1. The quantitative estimate of drug-likeness (QED) is 0.604. The van der Waals surface area contributed by atoms with E-state index in [1.165, 1.54) is 13.2 Å². The van der Waals surface area contributed by atoms with Crippen molar-refractivity contribution in [2.75, 3.05) is 51.7 Å². The molecular formula is C13H19FN4O3. The number of rotatable bonds is 6. The maximum absolute atomic E-state index is 13.8. The molecule has 1 aromatic carbocycles. The van der Waals surface area contributed by atoms with Crippen LogP contribution in [0.1, 0.15) is 0 Å². The Morgan fingerprint density at radius 3 is 2.81 bits per heavy atom. The van der Waals surface area contributed by atoms with Gasteiger partial charge in [-0.1, -0.05) is 0 Å². The fourth-order valence-corrected chi connectivity index (χ4v) is 2.27. The van der Waals surface area contributed by atoms with Gasteiger partial charge >= 0.3 is 5.69 Å². The number of ether oxygens (including phenoxy) is 1. The minimum Gasteiger partial charge on any atom is -0.490 e. The molecule has 2 N–H and O–H groups in total. The predicted octanol–water partition coefficient (Wildman–Crippen LogP) is 1.06. The van der Waals surface area contributed by atoms with E-state index in [0.29, 0.717) is 6.54 Å². The zero-order valence-electron chi connectivity index (χ0n) is 11.9. The number of hydrogen-bond donors (Lipinski definition) is 2. The summed E-state index contributed by atoms with van der Waals surface area (Å²) in [6, 6.07) is 2.21. The minimum atomic E-state index is -0.660. The van der Waals surface area contributed by atoms with Crippen LogP contribution in [-0.4, -0.2) is 56.2 Å². The van der Waals surface area contributed by atoms with Gasteiger partial charge in [0.2, 0.25) is 0 Å². The second-order valence-electron chi connectivity index (χ2n) is 4.78. The Bertz CT molecular complexity index is 506. The third-order valence-corrected chi connectivity index (χ3v) is 3.42. The highest BCUT2D eigenvalue weighted by Gasteiger charge is 2.19. The van der Waals surface area contributed by atoms with Crippen LogP contribution in [0.4, 0.5) is 15.8 Å². The highest BCUT2D eigenvalue weighted by molar-refractivity contribution is 5.59. The second-order valence-corrected chi connectivity index (χ2v) is 4.78. The highest BCUT2D eigenvalue weighted by atomic mass is 19.1. The smallest absolute Gasteiger partial charge is 0.313 e. The van der Waals surface area contributed by atoms with Gasteiger partial charge in [0.05, 0.1) is 23.8 Å². The van der Waals surface area contributed by atoms with Gasteiger partial charge in [-0.2, -0.15) is 0 Å². The van der Waals surface area contributed by atoms with E-state index in [9.17, 15) is 14.5 Å². The molecule has 1 aliphatic heterocycles. The predicted molar refractivity (Wildman–Crippen MR) is 77.4 cm³/mol. The minimum absolute atomic E-state index is 0.0473. The van der Waals surface area contributed by atoms with Crippen molar-refractivity contribution >= 4 is 11.4 Å². The number of nitro groups is 1. The van der Waals surface area contributed by atoms with Gasteiger partial charge in [-0.25, -0.2) is 4.39 Å². The Balaban J connectivity index is 1.97. The summed E-state index contributed by atoms with van der Waals surface area (Å²) in [5.74, 6) is -0.603. The summed E-state index contributed by atoms with van der Waals surface area (Å²) in [5, 5.41) is 17.0. The number of nitrogens with zero attached hydrogens (tertiary/aromatic N) is 2. The average molecular weight is 298 g/mol. The van der Waals surface area contributed by atoms with Crippen LogP contribution in [0.15, 0.2) is 12.1 Å². The number of halogens is 1. The van der Waals surface area contributed by atoms with Crippen LogP contribution in [0.2, 0.25) is 0 Å². The van der Waals surface area contributed by atoms with Crippen LogP contribution in [0, 0.1) is 15.9 Å². The molecule has 0 amide bonds. The fraction of sp³-hybridized carbons (Fsp3) is 0.538. The monoisotopic (exact) mass is 298 g/mol. The van der Waals surface area contributed by atoms with Crippen molar-refractivity contribution in [3.63, 3.8) is 0 Å². The van der Waals surface area contributed by atoms with Gasteiger partial charge in [0.25, 0.3) is 0 Å². The molecule has 0 atom stereocenters. The average Bonchev–Trinajstić information content (AvgIpc) is 2.49. The zero-order valence-corrected chi connectivity index (χ0v) is 11.9. The van der Waals surface area contributed by atoms with Crippen molar-refractivity contribution < 1.29 is 14.1 Å². The molecule has 1 aromatic rings. The molecule has 8 heteroatoms. The van der Waals surface area contributed by atoms with Gasteiger partial charge in [0.15, 0.2) is 11.6 Å². The summed E-state index contributed by atoms with van der Waals surface area (Å²) < 4.78 is 18.8. The summed E-state index contributed by atoms with van der Waals surface area (Å²) in [5.41, 5.74) is -0.157. The Labute approximate surface area is 122 Å². The van der Waals surface area contributed by atoms with Crippen molar-refractivity contribution in [2.45, 2.75) is 0 Å². The van der Waals surface area contributed by atoms with Crippen LogP contribution in [0.25, 0.3) is 0 Å². The molecule has 1 fully saturated rings. The molecule has 0 aromatic heterocycles. The number of nitro benzene ring substituents is 1. The van der Waals surface area contributed by atoms with Gasteiger partial charge in [0.1, 0.15) is 0 Å². The van der Waals surface area contributed by atoms with E-state index < -0.39 is 10.7 Å². The lowest BCUT2D eigenvalue weighted by Crippen LogP contribution is -2.45. The van der Waals surface area contributed by atoms with Gasteiger partial charge in [-0.3, -0.25) is 15.0 Å². The number of benzene rings is 1. The van der Waals surface area contributed by atoms with Crippen molar-refractivity contribution in [1.29, 1.82) is 0 Å². The van der Waals surface area contributed by atoms with Crippen LogP contribution in [-0.2, 0) is 0 Å². The first-order chi connectivity index (χ1) is 10.1. The first-order valence-electron chi connectivity index (χ1n) is 6.80. The molecule has 0 spiro atoms. The van der Waals surface area contributed by atoms with Gasteiger partial charge in [-0.05, 0) is 0 Å². The molecule has 0 saturated carbocycles. The summed E-state index contributed by atoms with van der Waals surface area (Å²) in [6.07, 6.45) is 0. The van der Waals surface area contributed by atoms with Crippen LogP contribution < -0.4 is 15.4 Å². The Hall–Kier alpha value is -1.93. The third kappa shape index (κ3) is 4.02. The summed E-state index contributed by atoms with van der Waals surface area (Å²) >= 11 is 0. The van der Waals surface area contributed by atoms with E-state index in [0.717, 1.165) is 38.8 Å². The van der Waals surface area contributed by atoms with Gasteiger partial charge in [-0.15, -0.1) is 0 Å². The molecule has 116 valence electrons. The van der Waals surface area contributed by atoms with E-state index in [1.54, 1.807) is 0 Å². The first-order valence-corrected chi connectivity index (χ1v) is 6.80. The van der Waals surface area contributed by atoms with E-state index in [-0.39, 0.29) is 17.1 Å². The highest BCUT2D eigenvalue weighted by Crippen LogP contribution is 2.32. The molecule has 0 bridgehead atoms. The van der Waals surface area contributed by atoms with E-state index in [4.69, 9.17) is 4.74 Å². The molecule has 21 heavy (non-hydrogen) atoms. The normalized spacial score (nSPS) is 15.7. The van der Waals surface area contributed by atoms with Crippen LogP contribution in [0.5, 0.6) is 5.75 Å². The topological polar surface area (TPSA) is 79.7 Å². The molecule has 0 unspecified atom stereocenters. The number of anilines is 1. The van der Waals surface area contributed by atoms with E-state index in [2.05, 4.69) is 15.5 Å². The summed E-state index contributed by atoms with van der Waals surface area (Å²) in [6.45, 7) is 5.21. The fourth-order valence-electron chi connectivity index (χ4n) is 2.27. The van der Waals surface area contributed by atoms with Crippen molar-refractivity contribution in [1.82, 2.24) is 10.2 Å². The molecule has 1 saturated heterocycles. The van der Waals surface area contributed by atoms with Gasteiger partial charge in [0, 0.05) is 45.3 Å². The first kappa shape index (κ1) is 15.5. The van der Waals surface area contributed by atoms with Crippen LogP contribution in [0.3, 0.4) is 0 Å².